The third kappa shape index (κ3) is 4.87. The lowest BCUT2D eigenvalue weighted by molar-refractivity contribution is -0.312. The molecule has 1 aromatic carbocycles. The van der Waals surface area contributed by atoms with Crippen LogP contribution in [0.25, 0.3) is 0 Å². The molecule has 1 heterocycles. The molecule has 4 fully saturated rings. The van der Waals surface area contributed by atoms with Gasteiger partial charge in [0.2, 0.25) is 0 Å². The van der Waals surface area contributed by atoms with Crippen molar-refractivity contribution in [1.82, 2.24) is 0 Å². The van der Waals surface area contributed by atoms with Crippen molar-refractivity contribution in [3.8, 4) is 0 Å². The normalized spacial score (nSPS) is 37.6. The fourth-order valence-corrected chi connectivity index (χ4v) is 8.32. The van der Waals surface area contributed by atoms with Gasteiger partial charge in [-0.1, -0.05) is 76.5 Å². The fraction of sp³-hybridized carbons (Fsp3) is 0.727. The van der Waals surface area contributed by atoms with Crippen LogP contribution in [0.4, 0.5) is 0 Å². The fourth-order valence-electron chi connectivity index (χ4n) is 8.32. The lowest BCUT2D eigenvalue weighted by Crippen LogP contribution is -2.52. The smallest absolute Gasteiger partial charge is 0.169 e. The Morgan fingerprint density at radius 1 is 0.973 bits per heavy atom. The minimum absolute atomic E-state index is 0.00349. The zero-order valence-corrected chi connectivity index (χ0v) is 23.8. The van der Waals surface area contributed by atoms with Gasteiger partial charge in [-0.25, -0.2) is 0 Å². The van der Waals surface area contributed by atoms with Crippen LogP contribution in [0.15, 0.2) is 35.4 Å². The van der Waals surface area contributed by atoms with Crippen LogP contribution >= 0.6 is 0 Å². The van der Waals surface area contributed by atoms with Crippen molar-refractivity contribution in [3.63, 3.8) is 0 Å². The molecule has 1 spiro atoms. The number of ether oxygens (including phenoxy) is 2. The maximum absolute atomic E-state index is 11.1. The summed E-state index contributed by atoms with van der Waals surface area (Å²) in [4.78, 5) is 0. The molecule has 3 saturated carbocycles. The molecule has 37 heavy (non-hydrogen) atoms. The Hall–Kier alpha value is -1.49. The molecule has 1 aromatic rings. The Morgan fingerprint density at radius 3 is 2.30 bits per heavy atom. The summed E-state index contributed by atoms with van der Waals surface area (Å²) in [7, 11) is 0. The topological polar surface area (TPSA) is 62.5 Å². The van der Waals surface area contributed by atoms with E-state index in [1.165, 1.54) is 31.0 Å². The van der Waals surface area contributed by atoms with Crippen LogP contribution in [0.1, 0.15) is 109 Å². The van der Waals surface area contributed by atoms with Gasteiger partial charge in [0.25, 0.3) is 0 Å². The van der Waals surface area contributed by atoms with E-state index in [1.54, 1.807) is 11.1 Å². The summed E-state index contributed by atoms with van der Waals surface area (Å²) in [5.41, 5.74) is 5.83. The van der Waals surface area contributed by atoms with E-state index in [4.69, 9.17) is 14.9 Å². The van der Waals surface area contributed by atoms with Crippen molar-refractivity contribution >= 4 is 6.21 Å². The molecular weight excluding hydrogens is 458 g/mol. The molecule has 6 rings (SSSR count). The van der Waals surface area contributed by atoms with E-state index < -0.39 is 0 Å². The van der Waals surface area contributed by atoms with Gasteiger partial charge in [0.15, 0.2) is 5.79 Å². The van der Waals surface area contributed by atoms with Crippen molar-refractivity contribution in [2.75, 3.05) is 13.2 Å². The zero-order chi connectivity index (χ0) is 26.4. The van der Waals surface area contributed by atoms with Gasteiger partial charge in [-0.2, -0.15) is 0 Å². The van der Waals surface area contributed by atoms with E-state index >= 15 is 0 Å². The molecule has 0 bridgehead atoms. The number of aliphatic hydroxyl groups is 1. The molecule has 0 radical (unpaired) electrons. The lowest BCUT2D eigenvalue weighted by atomic mass is 9.52. The quantitative estimate of drug-likeness (QED) is 0.319. The van der Waals surface area contributed by atoms with Crippen LogP contribution in [0.5, 0.6) is 0 Å². The highest BCUT2D eigenvalue weighted by Crippen LogP contribution is 2.64. The summed E-state index contributed by atoms with van der Waals surface area (Å²) < 4.78 is 12.9. The molecule has 4 heteroatoms. The summed E-state index contributed by atoms with van der Waals surface area (Å²) in [5.74, 6) is 1.74. The molecule has 1 aliphatic heterocycles. The molecule has 6 unspecified atom stereocenters. The number of rotatable bonds is 2. The number of aliphatic hydroxyl groups excluding tert-OH is 1. The summed E-state index contributed by atoms with van der Waals surface area (Å²) in [6.45, 7) is 12.6. The number of fused-ring (bicyclic) bond motifs is 4. The van der Waals surface area contributed by atoms with E-state index in [-0.39, 0.29) is 22.7 Å². The Morgan fingerprint density at radius 2 is 1.65 bits per heavy atom. The van der Waals surface area contributed by atoms with E-state index in [0.29, 0.717) is 23.7 Å². The minimum atomic E-state index is -0.384. The van der Waals surface area contributed by atoms with Gasteiger partial charge in [0, 0.05) is 30.4 Å². The summed E-state index contributed by atoms with van der Waals surface area (Å²) in [6.07, 6.45) is 11.1. The molecule has 204 valence electrons. The molecule has 6 atom stereocenters. The molecule has 4 nitrogen and oxygen atoms in total. The van der Waals surface area contributed by atoms with Gasteiger partial charge < -0.3 is 20.0 Å². The first-order chi connectivity index (χ1) is 17.6. The van der Waals surface area contributed by atoms with Gasteiger partial charge >= 0.3 is 0 Å². The number of allylic oxidation sites excluding steroid dienone is 2. The summed E-state index contributed by atoms with van der Waals surface area (Å²) in [6, 6.07) is 8.65. The van der Waals surface area contributed by atoms with Gasteiger partial charge in [-0.15, -0.1) is 0 Å². The van der Waals surface area contributed by atoms with Gasteiger partial charge in [0.05, 0.1) is 19.3 Å². The molecular formula is C33H49NO3. The Balaban J connectivity index is 0.000000892. The SMILES string of the molecule is CC1(C)COC2(CCC3=C4C(c5ccc(C=N)cc5)CC5(C)C(O)CCC5C4CCC3C2)OC1.CCC. The van der Waals surface area contributed by atoms with E-state index in [9.17, 15) is 5.11 Å². The van der Waals surface area contributed by atoms with Gasteiger partial charge in [-0.3, -0.25) is 0 Å². The minimum Gasteiger partial charge on any atom is -0.393 e. The highest BCUT2D eigenvalue weighted by atomic mass is 16.7. The van der Waals surface area contributed by atoms with Crippen molar-refractivity contribution in [2.24, 2.45) is 28.6 Å². The Bertz CT molecular complexity index is 1000. The molecule has 4 aliphatic carbocycles. The Labute approximate surface area is 224 Å². The van der Waals surface area contributed by atoms with Crippen molar-refractivity contribution in [3.05, 3.63) is 46.5 Å². The third-order valence-electron chi connectivity index (χ3n) is 10.2. The van der Waals surface area contributed by atoms with Crippen LogP contribution in [-0.2, 0) is 9.47 Å². The average Bonchev–Trinajstić information content (AvgIpc) is 3.20. The van der Waals surface area contributed by atoms with Crippen LogP contribution in [0, 0.1) is 34.0 Å². The maximum atomic E-state index is 11.1. The lowest BCUT2D eigenvalue weighted by Gasteiger charge is -2.55. The number of nitrogens with one attached hydrogen (secondary N) is 1. The van der Waals surface area contributed by atoms with Gasteiger partial charge in [-0.05, 0) is 72.8 Å². The Kier molecular flexibility index (Phi) is 7.50. The van der Waals surface area contributed by atoms with Crippen LogP contribution in [0.3, 0.4) is 0 Å². The second-order valence-electron chi connectivity index (χ2n) is 13.7. The predicted octanol–water partition coefficient (Wildman–Crippen LogP) is 7.64. The largest absolute Gasteiger partial charge is 0.393 e. The molecule has 5 aliphatic rings. The van der Waals surface area contributed by atoms with Gasteiger partial charge in [0.1, 0.15) is 0 Å². The van der Waals surface area contributed by atoms with E-state index in [1.807, 2.05) is 0 Å². The first kappa shape index (κ1) is 27.1. The molecule has 0 amide bonds. The maximum Gasteiger partial charge on any atom is 0.169 e. The highest BCUT2D eigenvalue weighted by molar-refractivity contribution is 5.76. The van der Waals surface area contributed by atoms with Crippen molar-refractivity contribution in [1.29, 1.82) is 5.41 Å². The zero-order valence-electron chi connectivity index (χ0n) is 23.8. The summed E-state index contributed by atoms with van der Waals surface area (Å²) in [5, 5.41) is 18.7. The number of hydrogen-bond acceptors (Lipinski definition) is 4. The van der Waals surface area contributed by atoms with Crippen LogP contribution in [-0.4, -0.2) is 36.4 Å². The van der Waals surface area contributed by atoms with Crippen LogP contribution < -0.4 is 0 Å². The number of hydrogen-bond donors (Lipinski definition) is 2. The van der Waals surface area contributed by atoms with Crippen LogP contribution in [0.2, 0.25) is 0 Å². The van der Waals surface area contributed by atoms with Crippen molar-refractivity contribution in [2.45, 2.75) is 110 Å². The second kappa shape index (κ2) is 10.2. The molecule has 0 aromatic heterocycles. The summed E-state index contributed by atoms with van der Waals surface area (Å²) >= 11 is 0. The van der Waals surface area contributed by atoms with Crippen molar-refractivity contribution < 1.29 is 14.6 Å². The number of benzene rings is 1. The highest BCUT2D eigenvalue weighted by Gasteiger charge is 2.57. The first-order valence-corrected chi connectivity index (χ1v) is 14.9. The van der Waals surface area contributed by atoms with E-state index in [0.717, 1.165) is 57.3 Å². The van der Waals surface area contributed by atoms with E-state index in [2.05, 4.69) is 58.9 Å². The standard InChI is InChI=1S/C30H41NO3.C3H8/c1-28(2)17-33-30(34-18-28)13-12-22-21(14-30)8-9-23-25-10-11-26(32)29(25,3)15-24(27(22)23)20-6-4-19(16-31)5-7-20;1-3-2/h4-7,16,21,23-26,31-32H,8-15,17-18H2,1-3H3;3H2,1-2H3. The second-order valence-corrected chi connectivity index (χ2v) is 13.7. The molecule has 2 N–H and O–H groups in total. The predicted molar refractivity (Wildman–Crippen MR) is 150 cm³/mol. The average molecular weight is 508 g/mol. The first-order valence-electron chi connectivity index (χ1n) is 14.9. The molecule has 1 saturated heterocycles. The monoisotopic (exact) mass is 507 g/mol. The third-order valence-corrected chi connectivity index (χ3v) is 10.2.